The zero-order chi connectivity index (χ0) is 16.7. The van der Waals surface area contributed by atoms with Gasteiger partial charge in [0.25, 0.3) is 5.91 Å². The van der Waals surface area contributed by atoms with Crippen LogP contribution in [0.4, 0.5) is 0 Å². The Morgan fingerprint density at radius 2 is 1.88 bits per heavy atom. The minimum atomic E-state index is -0.580. The van der Waals surface area contributed by atoms with Crippen molar-refractivity contribution in [1.82, 2.24) is 5.32 Å². The van der Waals surface area contributed by atoms with Crippen LogP contribution in [0.2, 0.25) is 0 Å². The molecular weight excluding hydrogens is 304 g/mol. The summed E-state index contributed by atoms with van der Waals surface area (Å²) in [5.41, 5.74) is 6.14. The fourth-order valence-electron chi connectivity index (χ4n) is 4.47. The molecule has 5 heteroatoms. The van der Waals surface area contributed by atoms with Crippen molar-refractivity contribution >= 4 is 16.9 Å². The van der Waals surface area contributed by atoms with Crippen molar-refractivity contribution in [2.75, 3.05) is 0 Å². The Balaban J connectivity index is 1.60. The Morgan fingerprint density at radius 1 is 1.17 bits per heavy atom. The van der Waals surface area contributed by atoms with E-state index in [1.807, 2.05) is 12.1 Å². The molecule has 1 heterocycles. The van der Waals surface area contributed by atoms with Crippen molar-refractivity contribution in [2.45, 2.75) is 44.2 Å². The third-order valence-electron chi connectivity index (χ3n) is 5.56. The molecule has 1 aromatic heterocycles. The van der Waals surface area contributed by atoms with Crippen LogP contribution in [-0.4, -0.2) is 18.0 Å². The van der Waals surface area contributed by atoms with Crippen LogP contribution in [0.5, 0.6) is 0 Å². The Bertz CT molecular complexity index is 815. The molecule has 2 fully saturated rings. The Morgan fingerprint density at radius 3 is 2.62 bits per heavy atom. The predicted molar refractivity (Wildman–Crippen MR) is 91.8 cm³/mol. The predicted octanol–water partition coefficient (Wildman–Crippen LogP) is 2.43. The van der Waals surface area contributed by atoms with Crippen LogP contribution >= 0.6 is 0 Å². The number of benzene rings is 1. The van der Waals surface area contributed by atoms with Crippen LogP contribution in [0, 0.1) is 11.8 Å². The minimum Gasteiger partial charge on any atom is -0.422 e. The van der Waals surface area contributed by atoms with Crippen LogP contribution in [0.3, 0.4) is 0 Å². The number of carbonyl (C=O) groups is 1. The SMILES string of the molecule is NC1CC2CCCC(C1)C2NC(=O)c1cc2ccccc2oc1=O. The van der Waals surface area contributed by atoms with E-state index in [-0.39, 0.29) is 23.6 Å². The molecular formula is C19H22N2O3. The average Bonchev–Trinajstić information content (AvgIpc) is 2.55. The monoisotopic (exact) mass is 326 g/mol. The number of rotatable bonds is 2. The molecule has 2 unspecified atom stereocenters. The minimum absolute atomic E-state index is 0.0849. The number of para-hydroxylation sites is 1. The Hall–Kier alpha value is -2.14. The first-order valence-electron chi connectivity index (χ1n) is 8.71. The van der Waals surface area contributed by atoms with E-state index in [9.17, 15) is 9.59 Å². The highest BCUT2D eigenvalue weighted by atomic mass is 16.4. The molecule has 1 amide bonds. The summed E-state index contributed by atoms with van der Waals surface area (Å²) >= 11 is 0. The third-order valence-corrected chi connectivity index (χ3v) is 5.56. The number of nitrogens with two attached hydrogens (primary N) is 1. The molecule has 2 atom stereocenters. The quantitative estimate of drug-likeness (QED) is 0.830. The van der Waals surface area contributed by atoms with Crippen LogP contribution in [0.15, 0.2) is 39.5 Å². The molecule has 0 saturated heterocycles. The number of carbonyl (C=O) groups excluding carboxylic acids is 1. The Labute approximate surface area is 140 Å². The fourth-order valence-corrected chi connectivity index (χ4v) is 4.47. The van der Waals surface area contributed by atoms with Crippen LogP contribution < -0.4 is 16.7 Å². The van der Waals surface area contributed by atoms with Gasteiger partial charge in [0.2, 0.25) is 0 Å². The van der Waals surface area contributed by atoms with Gasteiger partial charge in [-0.2, -0.15) is 0 Å². The molecule has 0 aliphatic heterocycles. The molecule has 2 aliphatic rings. The van der Waals surface area contributed by atoms with Gasteiger partial charge < -0.3 is 15.5 Å². The first kappa shape index (κ1) is 15.4. The van der Waals surface area contributed by atoms with E-state index >= 15 is 0 Å². The molecule has 0 radical (unpaired) electrons. The average molecular weight is 326 g/mol. The van der Waals surface area contributed by atoms with Crippen molar-refractivity contribution in [3.8, 4) is 0 Å². The van der Waals surface area contributed by atoms with Crippen LogP contribution in [0.1, 0.15) is 42.5 Å². The highest BCUT2D eigenvalue weighted by Gasteiger charge is 2.40. The first-order chi connectivity index (χ1) is 11.6. The van der Waals surface area contributed by atoms with Gasteiger partial charge in [-0.25, -0.2) is 4.79 Å². The summed E-state index contributed by atoms with van der Waals surface area (Å²) in [5, 5.41) is 3.87. The molecule has 5 nitrogen and oxygen atoms in total. The summed E-state index contributed by atoms with van der Waals surface area (Å²) in [6.07, 6.45) is 5.30. The summed E-state index contributed by atoms with van der Waals surface area (Å²) in [4.78, 5) is 24.9. The maximum Gasteiger partial charge on any atom is 0.349 e. The van der Waals surface area contributed by atoms with Crippen molar-refractivity contribution in [3.05, 3.63) is 46.3 Å². The third kappa shape index (κ3) is 2.73. The number of hydrogen-bond acceptors (Lipinski definition) is 4. The molecule has 24 heavy (non-hydrogen) atoms. The zero-order valence-corrected chi connectivity index (χ0v) is 13.5. The molecule has 2 bridgehead atoms. The summed E-state index contributed by atoms with van der Waals surface area (Å²) < 4.78 is 5.28. The molecule has 126 valence electrons. The second-order valence-electron chi connectivity index (χ2n) is 7.17. The maximum atomic E-state index is 12.7. The maximum absolute atomic E-state index is 12.7. The lowest BCUT2D eigenvalue weighted by molar-refractivity contribution is 0.0753. The van der Waals surface area contributed by atoms with E-state index in [0.29, 0.717) is 17.4 Å². The van der Waals surface area contributed by atoms with Crippen molar-refractivity contribution in [1.29, 1.82) is 0 Å². The van der Waals surface area contributed by atoms with Gasteiger partial charge in [0, 0.05) is 17.5 Å². The molecule has 1 aromatic carbocycles. The Kier molecular flexibility index (Phi) is 3.88. The van der Waals surface area contributed by atoms with E-state index in [1.54, 1.807) is 18.2 Å². The summed E-state index contributed by atoms with van der Waals surface area (Å²) in [7, 11) is 0. The van der Waals surface area contributed by atoms with Gasteiger partial charge in [-0.15, -0.1) is 0 Å². The van der Waals surface area contributed by atoms with E-state index in [2.05, 4.69) is 5.32 Å². The van der Waals surface area contributed by atoms with Crippen molar-refractivity contribution in [3.63, 3.8) is 0 Å². The van der Waals surface area contributed by atoms with Gasteiger partial charge >= 0.3 is 5.63 Å². The normalized spacial score (nSPS) is 29.4. The lowest BCUT2D eigenvalue weighted by Gasteiger charge is -2.45. The van der Waals surface area contributed by atoms with Gasteiger partial charge in [0.1, 0.15) is 11.1 Å². The van der Waals surface area contributed by atoms with E-state index < -0.39 is 5.63 Å². The molecule has 0 spiro atoms. The van der Waals surface area contributed by atoms with E-state index in [0.717, 1.165) is 31.1 Å². The number of nitrogens with one attached hydrogen (secondary N) is 1. The van der Waals surface area contributed by atoms with Gasteiger partial charge in [-0.1, -0.05) is 24.6 Å². The van der Waals surface area contributed by atoms with Gasteiger partial charge in [0.15, 0.2) is 0 Å². The summed E-state index contributed by atoms with van der Waals surface area (Å²) in [6.45, 7) is 0. The number of amides is 1. The molecule has 3 N–H and O–H groups in total. The van der Waals surface area contributed by atoms with E-state index in [4.69, 9.17) is 10.2 Å². The highest BCUT2D eigenvalue weighted by molar-refractivity contribution is 5.96. The highest BCUT2D eigenvalue weighted by Crippen LogP contribution is 2.39. The standard InChI is InChI=1S/C19H22N2O3/c20-14-8-12-5-3-6-13(9-14)17(12)21-18(22)15-10-11-4-1-2-7-16(11)24-19(15)23/h1-2,4,7,10,12-14,17H,3,5-6,8-9,20H2,(H,21,22). The topological polar surface area (TPSA) is 85.3 Å². The zero-order valence-electron chi connectivity index (χ0n) is 13.5. The molecule has 2 aliphatic carbocycles. The van der Waals surface area contributed by atoms with Crippen molar-refractivity contribution < 1.29 is 9.21 Å². The van der Waals surface area contributed by atoms with Crippen LogP contribution in [-0.2, 0) is 0 Å². The van der Waals surface area contributed by atoms with E-state index in [1.165, 1.54) is 6.42 Å². The number of hydrogen-bond donors (Lipinski definition) is 2. The summed E-state index contributed by atoms with van der Waals surface area (Å²) in [5.74, 6) is 0.514. The number of fused-ring (bicyclic) bond motifs is 3. The fraction of sp³-hybridized carbons (Fsp3) is 0.474. The molecule has 2 aromatic rings. The smallest absolute Gasteiger partial charge is 0.349 e. The van der Waals surface area contributed by atoms with Gasteiger partial charge in [-0.05, 0) is 49.7 Å². The van der Waals surface area contributed by atoms with Crippen molar-refractivity contribution in [2.24, 2.45) is 17.6 Å². The lowest BCUT2D eigenvalue weighted by atomic mass is 9.67. The van der Waals surface area contributed by atoms with Gasteiger partial charge in [0.05, 0.1) is 0 Å². The first-order valence-corrected chi connectivity index (χ1v) is 8.71. The second-order valence-corrected chi connectivity index (χ2v) is 7.17. The molecule has 4 rings (SSSR count). The largest absolute Gasteiger partial charge is 0.422 e. The van der Waals surface area contributed by atoms with Crippen LogP contribution in [0.25, 0.3) is 11.0 Å². The van der Waals surface area contributed by atoms with Gasteiger partial charge in [-0.3, -0.25) is 4.79 Å². The molecule has 2 saturated carbocycles. The lowest BCUT2D eigenvalue weighted by Crippen LogP contribution is -2.54. The second kappa shape index (κ2) is 6.06. The summed E-state index contributed by atoms with van der Waals surface area (Å²) in [6, 6.07) is 9.21.